The molecule has 3 aliphatic rings. The number of hydrogen-bond acceptors (Lipinski definition) is 9. The highest BCUT2D eigenvalue weighted by Crippen LogP contribution is 2.56. The van der Waals surface area contributed by atoms with Crippen molar-refractivity contribution < 1.29 is 22.7 Å². The molecule has 1 saturated heterocycles. The molecule has 1 aliphatic carbocycles. The summed E-state index contributed by atoms with van der Waals surface area (Å²) in [5.41, 5.74) is 4.44. The van der Waals surface area contributed by atoms with Crippen molar-refractivity contribution in [3.05, 3.63) is 139 Å². The molecule has 1 amide bonds. The number of nitrogens with zero attached hydrogens (tertiary/aromatic N) is 7. The summed E-state index contributed by atoms with van der Waals surface area (Å²) in [4.78, 5) is 47.2. The predicted molar refractivity (Wildman–Crippen MR) is 229 cm³/mol. The number of aromatic nitrogens is 7. The number of carbonyl (C=O) groups is 1. The fourth-order valence-electron chi connectivity index (χ4n) is 9.81. The lowest BCUT2D eigenvalue weighted by Gasteiger charge is -2.34. The lowest BCUT2D eigenvalue weighted by molar-refractivity contribution is 0.0663. The Labute approximate surface area is 355 Å². The van der Waals surface area contributed by atoms with Crippen LogP contribution >= 0.6 is 0 Å². The van der Waals surface area contributed by atoms with Gasteiger partial charge < -0.3 is 14.2 Å². The van der Waals surface area contributed by atoms with Crippen molar-refractivity contribution in [3.8, 4) is 17.2 Å². The molecule has 0 radical (unpaired) electrons. The Balaban J connectivity index is 1.12. The summed E-state index contributed by atoms with van der Waals surface area (Å²) in [5.74, 6) is -0.125. The minimum Gasteiger partial charge on any atom is -0.381 e. The second-order valence-electron chi connectivity index (χ2n) is 17.1. The second-order valence-corrected chi connectivity index (χ2v) is 19.3. The molecule has 4 atom stereocenters. The second kappa shape index (κ2) is 14.4. The summed E-state index contributed by atoms with van der Waals surface area (Å²) < 4.78 is 52.8. The van der Waals surface area contributed by atoms with E-state index in [0.717, 1.165) is 23.7 Å². The topological polar surface area (TPSA) is 179 Å². The quantitative estimate of drug-likeness (QED) is 0.170. The van der Waals surface area contributed by atoms with Gasteiger partial charge >= 0.3 is 11.4 Å². The number of halogens is 1. The van der Waals surface area contributed by atoms with Crippen LogP contribution in [-0.2, 0) is 26.4 Å². The van der Waals surface area contributed by atoms with Crippen LogP contribution in [0.1, 0.15) is 89.3 Å². The lowest BCUT2D eigenvalue weighted by atomic mass is 9.91. The first kappa shape index (κ1) is 39.8. The third-order valence-corrected chi connectivity index (χ3v) is 14.4. The van der Waals surface area contributed by atoms with Crippen LogP contribution in [0.5, 0.6) is 0 Å². The number of hydrogen-bond donors (Lipinski definition) is 2. The first-order chi connectivity index (χ1) is 29.6. The smallest absolute Gasteiger partial charge is 0.381 e. The maximum atomic E-state index is 15.4. The van der Waals surface area contributed by atoms with Crippen LogP contribution < -0.4 is 11.4 Å². The van der Waals surface area contributed by atoms with Gasteiger partial charge in [-0.2, -0.15) is 5.10 Å². The first-order valence-corrected chi connectivity index (χ1v) is 22.8. The summed E-state index contributed by atoms with van der Waals surface area (Å²) in [7, 11) is -2.97. The molecule has 0 unspecified atom stereocenters. The van der Waals surface area contributed by atoms with E-state index in [0.29, 0.717) is 94.5 Å². The molecular weight excluding hydrogens is 814 g/mol. The highest BCUT2D eigenvalue weighted by Gasteiger charge is 2.59. The minimum atomic E-state index is -2.97. The van der Waals surface area contributed by atoms with E-state index >= 15 is 9.18 Å². The molecule has 1 saturated carbocycles. The number of ether oxygens (including phenoxy) is 1. The van der Waals surface area contributed by atoms with Gasteiger partial charge in [0.25, 0.3) is 5.91 Å². The highest BCUT2D eigenvalue weighted by molar-refractivity contribution is 7.91. The van der Waals surface area contributed by atoms with Crippen LogP contribution in [0.2, 0.25) is 0 Å². The van der Waals surface area contributed by atoms with Crippen LogP contribution in [-0.4, -0.2) is 74.7 Å². The van der Waals surface area contributed by atoms with Gasteiger partial charge in [0.15, 0.2) is 5.82 Å². The van der Waals surface area contributed by atoms with Crippen molar-refractivity contribution in [2.45, 2.75) is 75.8 Å². The van der Waals surface area contributed by atoms with Gasteiger partial charge in [0.1, 0.15) is 22.9 Å². The van der Waals surface area contributed by atoms with E-state index in [9.17, 15) is 13.8 Å². The Morgan fingerprint density at radius 1 is 0.968 bits per heavy atom. The van der Waals surface area contributed by atoms with Crippen molar-refractivity contribution >= 4 is 26.5 Å². The third kappa shape index (κ3) is 6.22. The standard InChI is InChI=1S/C45H46FN9O6S/c1-25-20-33(21-26(2)39(25)46)55-40(53-17-16-52(44(53)58)32-7-9-34(10-8-32)62(5,47)59)38-28(4)51(15-12-35(38)49-55)41(56)37-23-31-22-30(29-13-18-60-19-14-29)6-11-36(31)54(37)45(24-27(45)3)42-48-43(57)61-50-42/h6-11,16-17,20-23,27-29,47H,12-15,18-19,24H2,1-5H3,(H,48,50,57)/t27-,28-,45-,62-/m0/s1. The van der Waals surface area contributed by atoms with E-state index in [1.165, 1.54) is 21.0 Å². The minimum absolute atomic E-state index is 0.0172. The number of H-pyrrole nitrogens is 1. The number of carbonyl (C=O) groups excluding carboxylic acids is 1. The molecule has 0 spiro atoms. The predicted octanol–water partition coefficient (Wildman–Crippen LogP) is 6.67. The average Bonchev–Trinajstić information content (AvgIpc) is 3.75. The molecule has 320 valence electrons. The largest absolute Gasteiger partial charge is 0.438 e. The first-order valence-electron chi connectivity index (χ1n) is 20.8. The number of amides is 1. The monoisotopic (exact) mass is 859 g/mol. The van der Waals surface area contributed by atoms with Crippen molar-refractivity contribution in [1.82, 2.24) is 38.5 Å². The number of aromatic amines is 1. The molecule has 62 heavy (non-hydrogen) atoms. The number of nitrogens with one attached hydrogen (secondary N) is 2. The van der Waals surface area contributed by atoms with Crippen molar-refractivity contribution in [1.29, 1.82) is 4.78 Å². The Hall–Kier alpha value is -6.33. The molecule has 15 nitrogen and oxygen atoms in total. The maximum Gasteiger partial charge on any atom is 0.438 e. The molecule has 10 rings (SSSR count). The van der Waals surface area contributed by atoms with Gasteiger partial charge in [-0.25, -0.2) is 27.6 Å². The molecule has 6 heterocycles. The van der Waals surface area contributed by atoms with Gasteiger partial charge in [-0.1, -0.05) is 18.1 Å². The Morgan fingerprint density at radius 2 is 1.66 bits per heavy atom. The summed E-state index contributed by atoms with van der Waals surface area (Å²) in [6.07, 6.45) is 7.42. The number of benzene rings is 3. The Kier molecular flexibility index (Phi) is 9.22. The SMILES string of the molecule is Cc1cc(-n2nc3c(c2-n2ccn(-c4ccc([S@@](C)(=N)=O)cc4)c2=O)[C@H](C)N(C(=O)c2cc4cc(C5CCOCC5)ccc4n2[C@@]2(c4noc(=O)[nH]4)C[C@@H]2C)CC3)cc(C)c1F. The van der Waals surface area contributed by atoms with Crippen LogP contribution in [0.25, 0.3) is 28.1 Å². The fraction of sp³-hybridized carbons (Fsp3) is 0.356. The van der Waals surface area contributed by atoms with E-state index in [-0.39, 0.29) is 17.6 Å². The molecule has 4 aromatic heterocycles. The van der Waals surface area contributed by atoms with Crippen molar-refractivity contribution in [2.75, 3.05) is 26.0 Å². The lowest BCUT2D eigenvalue weighted by Crippen LogP contribution is -2.41. The summed E-state index contributed by atoms with van der Waals surface area (Å²) in [6.45, 7) is 9.07. The molecule has 17 heteroatoms. The van der Waals surface area contributed by atoms with E-state index in [1.807, 2.05) is 17.6 Å². The van der Waals surface area contributed by atoms with Crippen LogP contribution in [0.4, 0.5) is 4.39 Å². The molecule has 2 aliphatic heterocycles. The molecule has 2 N–H and O–H groups in total. The summed E-state index contributed by atoms with van der Waals surface area (Å²) in [5, 5.41) is 10.1. The van der Waals surface area contributed by atoms with E-state index in [2.05, 4.69) is 35.3 Å². The zero-order valence-corrected chi connectivity index (χ0v) is 35.8. The third-order valence-electron chi connectivity index (χ3n) is 13.2. The average molecular weight is 860 g/mol. The normalized spacial score (nSPS) is 21.3. The highest BCUT2D eigenvalue weighted by atomic mass is 32.2. The fourth-order valence-corrected chi connectivity index (χ4v) is 10.5. The number of imidazole rings is 1. The van der Waals surface area contributed by atoms with Gasteiger partial charge in [-0.3, -0.25) is 23.4 Å². The van der Waals surface area contributed by atoms with E-state index < -0.39 is 32.8 Å². The Bertz CT molecular complexity index is 3160. The Morgan fingerprint density at radius 3 is 2.31 bits per heavy atom. The van der Waals surface area contributed by atoms with Gasteiger partial charge in [0.05, 0.1) is 32.8 Å². The molecule has 3 aromatic carbocycles. The number of aryl methyl sites for hydroxylation is 2. The summed E-state index contributed by atoms with van der Waals surface area (Å²) in [6, 6.07) is 17.5. The number of rotatable bonds is 8. The molecular formula is C45H46FN9O6S. The van der Waals surface area contributed by atoms with Crippen molar-refractivity contribution in [3.63, 3.8) is 0 Å². The molecule has 2 fully saturated rings. The van der Waals surface area contributed by atoms with Crippen LogP contribution in [0.3, 0.4) is 0 Å². The summed E-state index contributed by atoms with van der Waals surface area (Å²) >= 11 is 0. The maximum absolute atomic E-state index is 15.4. The van der Waals surface area contributed by atoms with Gasteiger partial charge in [-0.15, -0.1) is 0 Å². The van der Waals surface area contributed by atoms with Gasteiger partial charge in [0, 0.05) is 66.2 Å². The van der Waals surface area contributed by atoms with Crippen LogP contribution in [0, 0.1) is 30.4 Å². The zero-order valence-electron chi connectivity index (χ0n) is 35.0. The van der Waals surface area contributed by atoms with E-state index in [1.54, 1.807) is 72.2 Å². The molecule has 7 aromatic rings. The van der Waals surface area contributed by atoms with Crippen LogP contribution in [0.15, 0.2) is 92.1 Å². The van der Waals surface area contributed by atoms with E-state index in [4.69, 9.17) is 19.1 Å². The zero-order chi connectivity index (χ0) is 43.4. The van der Waals surface area contributed by atoms with Crippen molar-refractivity contribution in [2.24, 2.45) is 5.92 Å². The van der Waals surface area contributed by atoms with Gasteiger partial charge in [-0.05, 0) is 123 Å². The van der Waals surface area contributed by atoms with Gasteiger partial charge in [0.2, 0.25) is 0 Å². The molecule has 0 bridgehead atoms. The number of fused-ring (bicyclic) bond motifs is 2.